The molecule has 6 nitrogen and oxygen atoms in total. The van der Waals surface area contributed by atoms with E-state index in [1.807, 2.05) is 24.3 Å². The first-order chi connectivity index (χ1) is 15.1. The predicted molar refractivity (Wildman–Crippen MR) is 117 cm³/mol. The molecule has 3 aliphatic carbocycles. The van der Waals surface area contributed by atoms with Gasteiger partial charge >= 0.3 is 6.03 Å². The molecule has 0 aromatic heterocycles. The average Bonchev–Trinajstić information content (AvgIpc) is 3.29. The highest BCUT2D eigenvalue weighted by atomic mass is 16.2. The number of rotatable bonds is 4. The van der Waals surface area contributed by atoms with Gasteiger partial charge in [-0.2, -0.15) is 0 Å². The lowest BCUT2D eigenvalue weighted by Crippen LogP contribution is -2.53. The number of aryl methyl sites for hydroxylation is 1. The summed E-state index contributed by atoms with van der Waals surface area (Å²) in [6.45, 7) is -0.137. The van der Waals surface area contributed by atoms with E-state index in [4.69, 9.17) is 0 Å². The summed E-state index contributed by atoms with van der Waals surface area (Å²) in [4.78, 5) is 43.2. The van der Waals surface area contributed by atoms with Crippen LogP contribution in [0.4, 0.5) is 4.79 Å². The quantitative estimate of drug-likeness (QED) is 0.748. The number of carbonyl (C=O) groups is 3. The fourth-order valence-corrected chi connectivity index (χ4v) is 6.37. The first-order valence-electron chi connectivity index (χ1n) is 12.1. The second kappa shape index (κ2) is 8.29. The minimum Gasteiger partial charge on any atom is -0.335 e. The van der Waals surface area contributed by atoms with Crippen LogP contribution in [0.3, 0.4) is 0 Å². The number of benzene rings is 1. The Kier molecular flexibility index (Phi) is 5.49. The van der Waals surface area contributed by atoms with Crippen LogP contribution in [-0.4, -0.2) is 46.3 Å². The third-order valence-electron chi connectivity index (χ3n) is 7.94. The number of amides is 4. The maximum atomic E-state index is 13.6. The fraction of sp³-hybridized carbons (Fsp3) is 0.640. The van der Waals surface area contributed by atoms with Gasteiger partial charge in [-0.3, -0.25) is 14.5 Å². The molecule has 4 amide bonds. The Morgan fingerprint density at radius 1 is 0.968 bits per heavy atom. The third kappa shape index (κ3) is 3.54. The molecule has 1 heterocycles. The SMILES string of the molecule is O=C1N[C@@]2(CCc3ccccc32)C(=O)N1CC(=O)N(C1CCCCC1)C1CCCCC1. The van der Waals surface area contributed by atoms with Crippen molar-refractivity contribution in [2.75, 3.05) is 6.54 Å². The molecule has 1 saturated heterocycles. The Labute approximate surface area is 184 Å². The summed E-state index contributed by atoms with van der Waals surface area (Å²) in [6, 6.07) is 7.91. The highest BCUT2D eigenvalue weighted by Crippen LogP contribution is 2.41. The Morgan fingerprint density at radius 2 is 1.58 bits per heavy atom. The molecule has 0 unspecified atom stereocenters. The summed E-state index contributed by atoms with van der Waals surface area (Å²) in [5, 5.41) is 2.96. The molecule has 1 aliphatic heterocycles. The van der Waals surface area contributed by atoms with E-state index >= 15 is 0 Å². The predicted octanol–water partition coefficient (Wildman–Crippen LogP) is 3.87. The van der Waals surface area contributed by atoms with Crippen LogP contribution in [0.15, 0.2) is 24.3 Å². The molecule has 5 rings (SSSR count). The summed E-state index contributed by atoms with van der Waals surface area (Å²) in [5.74, 6) is -0.311. The van der Waals surface area contributed by atoms with Gasteiger partial charge in [-0.25, -0.2) is 4.79 Å². The van der Waals surface area contributed by atoms with Crippen molar-refractivity contribution in [2.45, 2.75) is 94.7 Å². The molecule has 1 aromatic carbocycles. The first-order valence-corrected chi connectivity index (χ1v) is 12.1. The number of imide groups is 1. The first kappa shape index (κ1) is 20.5. The Balaban J connectivity index is 1.37. The van der Waals surface area contributed by atoms with Gasteiger partial charge in [-0.15, -0.1) is 0 Å². The summed E-state index contributed by atoms with van der Waals surface area (Å²) >= 11 is 0. The molecular formula is C25H33N3O3. The van der Waals surface area contributed by atoms with Crippen LogP contribution in [0.25, 0.3) is 0 Å². The summed E-state index contributed by atoms with van der Waals surface area (Å²) in [5.41, 5.74) is 1.00. The average molecular weight is 424 g/mol. The van der Waals surface area contributed by atoms with Gasteiger partial charge in [0.2, 0.25) is 5.91 Å². The van der Waals surface area contributed by atoms with Crippen LogP contribution in [0.5, 0.6) is 0 Å². The van der Waals surface area contributed by atoms with E-state index < -0.39 is 11.6 Å². The van der Waals surface area contributed by atoms with Crippen LogP contribution in [-0.2, 0) is 21.5 Å². The zero-order valence-electron chi connectivity index (χ0n) is 18.3. The van der Waals surface area contributed by atoms with E-state index in [1.54, 1.807) is 0 Å². The van der Waals surface area contributed by atoms with Crippen molar-refractivity contribution >= 4 is 17.8 Å². The topological polar surface area (TPSA) is 69.7 Å². The van der Waals surface area contributed by atoms with E-state index in [-0.39, 0.29) is 30.4 Å². The molecule has 2 saturated carbocycles. The number of hydrogen-bond donors (Lipinski definition) is 1. The molecule has 1 spiro atoms. The second-order valence-electron chi connectivity index (χ2n) is 9.77. The molecular weight excluding hydrogens is 390 g/mol. The molecule has 0 radical (unpaired) electrons. The number of nitrogens with one attached hydrogen (secondary N) is 1. The van der Waals surface area contributed by atoms with E-state index in [0.29, 0.717) is 6.42 Å². The van der Waals surface area contributed by atoms with Gasteiger partial charge in [0.25, 0.3) is 5.91 Å². The van der Waals surface area contributed by atoms with Gasteiger partial charge in [-0.05, 0) is 49.7 Å². The molecule has 1 N–H and O–H groups in total. The van der Waals surface area contributed by atoms with E-state index in [2.05, 4.69) is 10.2 Å². The highest BCUT2D eigenvalue weighted by molar-refractivity contribution is 6.10. The van der Waals surface area contributed by atoms with Crippen molar-refractivity contribution in [3.05, 3.63) is 35.4 Å². The normalized spacial score (nSPS) is 26.9. The van der Waals surface area contributed by atoms with Crippen molar-refractivity contribution in [1.29, 1.82) is 0 Å². The lowest BCUT2D eigenvalue weighted by Gasteiger charge is -2.42. The third-order valence-corrected chi connectivity index (χ3v) is 7.94. The Hall–Kier alpha value is -2.37. The van der Waals surface area contributed by atoms with Crippen molar-refractivity contribution in [3.8, 4) is 0 Å². The summed E-state index contributed by atoms with van der Waals surface area (Å²) in [6.07, 6.45) is 12.6. The number of carbonyl (C=O) groups excluding carboxylic acids is 3. The smallest absolute Gasteiger partial charge is 0.325 e. The van der Waals surface area contributed by atoms with Gasteiger partial charge in [-0.1, -0.05) is 62.8 Å². The molecule has 1 atom stereocenters. The summed E-state index contributed by atoms with van der Waals surface area (Å²) in [7, 11) is 0. The Bertz CT molecular complexity index is 855. The lowest BCUT2D eigenvalue weighted by molar-refractivity contribution is -0.143. The van der Waals surface area contributed by atoms with Crippen molar-refractivity contribution in [2.24, 2.45) is 0 Å². The van der Waals surface area contributed by atoms with Crippen LogP contribution >= 0.6 is 0 Å². The summed E-state index contributed by atoms with van der Waals surface area (Å²) < 4.78 is 0. The van der Waals surface area contributed by atoms with Crippen LogP contribution in [0.1, 0.15) is 81.8 Å². The van der Waals surface area contributed by atoms with E-state index in [9.17, 15) is 14.4 Å². The number of fused-ring (bicyclic) bond motifs is 2. The zero-order chi connectivity index (χ0) is 21.4. The molecule has 0 bridgehead atoms. The molecule has 4 aliphatic rings. The van der Waals surface area contributed by atoms with Crippen molar-refractivity contribution < 1.29 is 14.4 Å². The Morgan fingerprint density at radius 3 is 2.23 bits per heavy atom. The van der Waals surface area contributed by atoms with Gasteiger partial charge in [0.1, 0.15) is 12.1 Å². The van der Waals surface area contributed by atoms with E-state index in [0.717, 1.165) is 68.9 Å². The standard InChI is InChI=1S/C25H33N3O3/c29-22(28(19-10-3-1-4-11-19)20-12-5-2-6-13-20)17-27-23(30)25(26-24(27)31)16-15-18-9-7-8-14-21(18)25/h7-9,14,19-20H,1-6,10-13,15-17H2,(H,26,31)/t25-/m1/s1. The maximum absolute atomic E-state index is 13.6. The van der Waals surface area contributed by atoms with Crippen LogP contribution in [0, 0.1) is 0 Å². The minimum atomic E-state index is -0.992. The zero-order valence-corrected chi connectivity index (χ0v) is 18.3. The van der Waals surface area contributed by atoms with Crippen LogP contribution in [0.2, 0.25) is 0 Å². The highest BCUT2D eigenvalue weighted by Gasteiger charge is 2.55. The van der Waals surface area contributed by atoms with Gasteiger partial charge in [0.15, 0.2) is 0 Å². The van der Waals surface area contributed by atoms with Gasteiger partial charge < -0.3 is 10.2 Å². The van der Waals surface area contributed by atoms with Gasteiger partial charge in [0, 0.05) is 12.1 Å². The second-order valence-corrected chi connectivity index (χ2v) is 9.77. The minimum absolute atomic E-state index is 0.0503. The van der Waals surface area contributed by atoms with Gasteiger partial charge in [0.05, 0.1) is 0 Å². The number of hydrogen-bond acceptors (Lipinski definition) is 3. The molecule has 6 heteroatoms. The van der Waals surface area contributed by atoms with Crippen LogP contribution < -0.4 is 5.32 Å². The monoisotopic (exact) mass is 423 g/mol. The van der Waals surface area contributed by atoms with Crippen molar-refractivity contribution in [1.82, 2.24) is 15.1 Å². The molecule has 1 aromatic rings. The number of urea groups is 1. The number of nitrogens with zero attached hydrogens (tertiary/aromatic N) is 2. The molecule has 166 valence electrons. The molecule has 31 heavy (non-hydrogen) atoms. The maximum Gasteiger partial charge on any atom is 0.325 e. The van der Waals surface area contributed by atoms with E-state index in [1.165, 1.54) is 17.7 Å². The van der Waals surface area contributed by atoms with Crippen molar-refractivity contribution in [3.63, 3.8) is 0 Å². The fourth-order valence-electron chi connectivity index (χ4n) is 6.37. The lowest BCUT2D eigenvalue weighted by atomic mass is 9.88. The largest absolute Gasteiger partial charge is 0.335 e. The molecule has 3 fully saturated rings.